The molecule has 5 heteroatoms. The van der Waals surface area contributed by atoms with E-state index in [0.29, 0.717) is 0 Å². The van der Waals surface area contributed by atoms with Crippen LogP contribution in [0.25, 0.3) is 0 Å². The van der Waals surface area contributed by atoms with Gasteiger partial charge in [0, 0.05) is 25.8 Å². The first-order chi connectivity index (χ1) is 14.6. The third-order valence-corrected chi connectivity index (χ3v) is 5.08. The van der Waals surface area contributed by atoms with E-state index in [0.717, 1.165) is 47.2 Å². The van der Waals surface area contributed by atoms with Gasteiger partial charge < -0.3 is 9.80 Å². The second-order valence-electron chi connectivity index (χ2n) is 10.7. The standard InChI is InChI=1S/C27H32N4.Ir/c1-26(2,3)17-22-23(18-27(4,5)6)29-25-24(28-22)30(20-13-9-7-10-14-20)19-31(25)21-15-11-8-12-16-21;/h7-15,19H,17-18H2,1-6H3;/q-2;. The number of fused-ring (bicyclic) bond motifs is 1. The summed E-state index contributed by atoms with van der Waals surface area (Å²) in [5.41, 5.74) is 4.46. The monoisotopic (exact) mass is 605 g/mol. The molecule has 1 aliphatic rings. The summed E-state index contributed by atoms with van der Waals surface area (Å²) in [7, 11) is 0. The molecule has 0 amide bonds. The molecular formula is C27H32IrN4-2. The number of nitrogens with zero attached hydrogens (tertiary/aromatic N) is 4. The molecule has 2 heterocycles. The second-order valence-corrected chi connectivity index (χ2v) is 10.7. The summed E-state index contributed by atoms with van der Waals surface area (Å²) in [6, 6.07) is 21.7. The van der Waals surface area contributed by atoms with Gasteiger partial charge >= 0.3 is 0 Å². The molecule has 171 valence electrons. The van der Waals surface area contributed by atoms with E-state index >= 15 is 0 Å². The molecule has 4 rings (SSSR count). The van der Waals surface area contributed by atoms with E-state index in [2.05, 4.69) is 94.4 Å². The fraction of sp³-hybridized carbons (Fsp3) is 0.370. The van der Waals surface area contributed by atoms with Crippen molar-refractivity contribution in [2.24, 2.45) is 10.8 Å². The smallest absolute Gasteiger partial charge is 0.146 e. The molecule has 0 saturated carbocycles. The molecule has 0 N–H and O–H groups in total. The van der Waals surface area contributed by atoms with Crippen LogP contribution >= 0.6 is 0 Å². The first-order valence-electron chi connectivity index (χ1n) is 11.0. The van der Waals surface area contributed by atoms with Crippen LogP contribution in [0.1, 0.15) is 52.9 Å². The van der Waals surface area contributed by atoms with Crippen LogP contribution < -0.4 is 9.80 Å². The summed E-state index contributed by atoms with van der Waals surface area (Å²) in [6.45, 7) is 15.6. The van der Waals surface area contributed by atoms with Crippen molar-refractivity contribution in [3.63, 3.8) is 0 Å². The molecule has 0 fully saturated rings. The van der Waals surface area contributed by atoms with Gasteiger partial charge in [0.25, 0.3) is 0 Å². The zero-order chi connectivity index (χ0) is 22.2. The summed E-state index contributed by atoms with van der Waals surface area (Å²) < 4.78 is 0. The molecule has 1 aliphatic heterocycles. The second kappa shape index (κ2) is 9.33. The SMILES string of the molecule is CC(C)(C)Cc1nc2c(nc1CC(C)(C)C)N(c1ccccc1)[CH-]N2c1[c-]cccc1.[Ir]. The van der Waals surface area contributed by atoms with Crippen molar-refractivity contribution >= 4 is 23.0 Å². The summed E-state index contributed by atoms with van der Waals surface area (Å²) in [5.74, 6) is 1.74. The fourth-order valence-corrected chi connectivity index (χ4v) is 3.81. The van der Waals surface area contributed by atoms with Crippen LogP contribution in [0, 0.1) is 23.6 Å². The largest absolute Gasteiger partial charge is 0.477 e. The average molecular weight is 605 g/mol. The maximum absolute atomic E-state index is 5.23. The van der Waals surface area contributed by atoms with Gasteiger partial charge in [-0.2, -0.15) is 30.3 Å². The molecule has 2 aromatic carbocycles. The Kier molecular flexibility index (Phi) is 7.12. The Morgan fingerprint density at radius 1 is 0.750 bits per heavy atom. The molecule has 0 aliphatic carbocycles. The Morgan fingerprint density at radius 2 is 1.28 bits per heavy atom. The maximum Gasteiger partial charge on any atom is 0.146 e. The average Bonchev–Trinajstić information content (AvgIpc) is 3.05. The number of aromatic nitrogens is 2. The first-order valence-corrected chi connectivity index (χ1v) is 11.0. The number of anilines is 4. The minimum Gasteiger partial charge on any atom is -0.477 e. The number of hydrogen-bond donors (Lipinski definition) is 0. The van der Waals surface area contributed by atoms with Crippen LogP contribution in [0.4, 0.5) is 23.0 Å². The number of rotatable bonds is 4. The van der Waals surface area contributed by atoms with Crippen molar-refractivity contribution in [1.29, 1.82) is 0 Å². The van der Waals surface area contributed by atoms with Crippen LogP contribution in [-0.2, 0) is 32.9 Å². The van der Waals surface area contributed by atoms with Crippen LogP contribution in [-0.4, -0.2) is 9.97 Å². The van der Waals surface area contributed by atoms with Crippen LogP contribution in [0.3, 0.4) is 0 Å². The molecule has 0 bridgehead atoms. The zero-order valence-corrected chi connectivity index (χ0v) is 22.2. The van der Waals surface area contributed by atoms with Gasteiger partial charge in [-0.1, -0.05) is 59.7 Å². The van der Waals surface area contributed by atoms with Crippen molar-refractivity contribution in [1.82, 2.24) is 9.97 Å². The van der Waals surface area contributed by atoms with Gasteiger partial charge in [0.1, 0.15) is 11.6 Å². The van der Waals surface area contributed by atoms with E-state index in [4.69, 9.17) is 9.97 Å². The van der Waals surface area contributed by atoms with E-state index < -0.39 is 0 Å². The molecule has 0 saturated heterocycles. The Bertz CT molecular complexity index is 952. The molecule has 0 spiro atoms. The van der Waals surface area contributed by atoms with Crippen molar-refractivity contribution in [2.45, 2.75) is 54.4 Å². The van der Waals surface area contributed by atoms with E-state index in [1.54, 1.807) is 0 Å². The van der Waals surface area contributed by atoms with Crippen molar-refractivity contribution in [3.05, 3.63) is 78.7 Å². The Morgan fingerprint density at radius 3 is 1.78 bits per heavy atom. The van der Waals surface area contributed by atoms with Gasteiger partial charge in [0.15, 0.2) is 0 Å². The molecular weight excluding hydrogens is 573 g/mol. The van der Waals surface area contributed by atoms with Gasteiger partial charge in [-0.15, -0.1) is 12.4 Å². The van der Waals surface area contributed by atoms with Crippen molar-refractivity contribution in [3.8, 4) is 0 Å². The maximum atomic E-state index is 5.23. The van der Waals surface area contributed by atoms with E-state index in [1.165, 1.54) is 0 Å². The van der Waals surface area contributed by atoms with Crippen molar-refractivity contribution in [2.75, 3.05) is 9.80 Å². The topological polar surface area (TPSA) is 32.3 Å². The minimum absolute atomic E-state index is 0. The van der Waals surface area contributed by atoms with Gasteiger partial charge in [-0.05, 0) is 35.8 Å². The fourth-order valence-electron chi connectivity index (χ4n) is 3.81. The van der Waals surface area contributed by atoms with Crippen LogP contribution in [0.5, 0.6) is 0 Å². The predicted molar refractivity (Wildman–Crippen MR) is 129 cm³/mol. The Labute approximate surface area is 206 Å². The first kappa shape index (κ1) is 24.4. The van der Waals surface area contributed by atoms with E-state index in [9.17, 15) is 0 Å². The molecule has 3 aromatic rings. The molecule has 4 nitrogen and oxygen atoms in total. The van der Waals surface area contributed by atoms with Crippen LogP contribution in [0.2, 0.25) is 0 Å². The predicted octanol–water partition coefficient (Wildman–Crippen LogP) is 6.86. The molecule has 1 aromatic heterocycles. The quantitative estimate of drug-likeness (QED) is 0.305. The van der Waals surface area contributed by atoms with E-state index in [1.807, 2.05) is 24.3 Å². The van der Waals surface area contributed by atoms with Gasteiger partial charge in [0.2, 0.25) is 0 Å². The molecule has 1 radical (unpaired) electrons. The van der Waals surface area contributed by atoms with E-state index in [-0.39, 0.29) is 30.9 Å². The zero-order valence-electron chi connectivity index (χ0n) is 19.8. The third-order valence-electron chi connectivity index (χ3n) is 5.08. The summed E-state index contributed by atoms with van der Waals surface area (Å²) >= 11 is 0. The molecule has 0 atom stereocenters. The Balaban J connectivity index is 0.00000289. The number of hydrogen-bond acceptors (Lipinski definition) is 4. The summed E-state index contributed by atoms with van der Waals surface area (Å²) in [4.78, 5) is 14.7. The summed E-state index contributed by atoms with van der Waals surface area (Å²) in [6.07, 6.45) is 1.77. The van der Waals surface area contributed by atoms with Crippen molar-refractivity contribution < 1.29 is 20.1 Å². The number of para-hydroxylation sites is 2. The van der Waals surface area contributed by atoms with Crippen LogP contribution in [0.15, 0.2) is 54.6 Å². The molecule has 0 unspecified atom stereocenters. The molecule has 32 heavy (non-hydrogen) atoms. The normalized spacial score (nSPS) is 13.7. The number of benzene rings is 2. The van der Waals surface area contributed by atoms with Gasteiger partial charge in [-0.25, -0.2) is 9.97 Å². The Hall–Kier alpha value is -2.23. The minimum atomic E-state index is 0. The van der Waals surface area contributed by atoms with Gasteiger partial charge in [0.05, 0.1) is 11.4 Å². The van der Waals surface area contributed by atoms with Gasteiger partial charge in [-0.3, -0.25) is 0 Å². The third kappa shape index (κ3) is 5.57. The summed E-state index contributed by atoms with van der Waals surface area (Å²) in [5, 5.41) is 0.